The van der Waals surface area contributed by atoms with Crippen LogP contribution in [0.3, 0.4) is 0 Å². The average Bonchev–Trinajstić information content (AvgIpc) is 3.13. The zero-order chi connectivity index (χ0) is 14.5. The molecule has 21 heavy (non-hydrogen) atoms. The Hall–Kier alpha value is -0.460. The Morgan fingerprint density at radius 3 is 2.62 bits per heavy atom. The van der Waals surface area contributed by atoms with E-state index in [4.69, 9.17) is 0 Å². The van der Waals surface area contributed by atoms with E-state index in [9.17, 15) is 9.59 Å². The summed E-state index contributed by atoms with van der Waals surface area (Å²) in [6.45, 7) is 2.62. The lowest BCUT2D eigenvalue weighted by molar-refractivity contribution is -0.141. The van der Waals surface area contributed by atoms with Crippen LogP contribution in [0.15, 0.2) is 0 Å². The third kappa shape index (κ3) is 4.76. The van der Waals surface area contributed by atoms with Crippen LogP contribution in [0, 0.1) is 5.92 Å². The lowest BCUT2D eigenvalue weighted by Crippen LogP contribution is -2.50. The number of nitrogens with zero attached hydrogens (tertiary/aromatic N) is 1. The number of hydrogen-bond acceptors (Lipinski definition) is 4. The van der Waals surface area contributed by atoms with Gasteiger partial charge in [-0.3, -0.25) is 9.59 Å². The van der Waals surface area contributed by atoms with E-state index in [-0.39, 0.29) is 42.2 Å². The highest BCUT2D eigenvalue weighted by Crippen LogP contribution is 2.30. The molecule has 1 heterocycles. The summed E-state index contributed by atoms with van der Waals surface area (Å²) in [5.74, 6) is 1.71. The Balaban J connectivity index is 0.00000220. The van der Waals surface area contributed by atoms with Gasteiger partial charge in [-0.15, -0.1) is 24.2 Å². The largest absolute Gasteiger partial charge is 0.353 e. The number of halogens is 1. The van der Waals surface area contributed by atoms with Gasteiger partial charge in [0, 0.05) is 24.3 Å². The van der Waals surface area contributed by atoms with Gasteiger partial charge >= 0.3 is 0 Å². The van der Waals surface area contributed by atoms with Crippen LogP contribution in [0.5, 0.6) is 0 Å². The molecule has 5 nitrogen and oxygen atoms in total. The van der Waals surface area contributed by atoms with E-state index >= 15 is 0 Å². The van der Waals surface area contributed by atoms with Crippen LogP contribution in [-0.2, 0) is 9.59 Å². The molecule has 2 atom stereocenters. The lowest BCUT2D eigenvalue weighted by Gasteiger charge is -2.26. The maximum absolute atomic E-state index is 12.5. The average molecular weight is 336 g/mol. The first kappa shape index (κ1) is 18.6. The van der Waals surface area contributed by atoms with Crippen molar-refractivity contribution in [3.63, 3.8) is 0 Å². The summed E-state index contributed by atoms with van der Waals surface area (Å²) in [7, 11) is 1.87. The summed E-state index contributed by atoms with van der Waals surface area (Å²) in [6, 6.07) is -0.0378. The van der Waals surface area contributed by atoms with Gasteiger partial charge in [-0.1, -0.05) is 12.8 Å². The Kier molecular flexibility index (Phi) is 7.84. The number of likely N-dealkylation sites (N-methyl/N-ethyl adjacent to an activating group) is 1. The molecular weight excluding hydrogens is 310 g/mol. The third-order valence-electron chi connectivity index (χ3n) is 4.25. The first-order valence-corrected chi connectivity index (χ1v) is 8.62. The number of rotatable bonds is 5. The van der Waals surface area contributed by atoms with Gasteiger partial charge in [0.1, 0.15) is 6.04 Å². The highest BCUT2D eigenvalue weighted by molar-refractivity contribution is 7.99. The minimum atomic E-state index is -0.280. The Labute approximate surface area is 137 Å². The predicted molar refractivity (Wildman–Crippen MR) is 88.7 cm³/mol. The molecule has 2 rings (SSSR count). The minimum Gasteiger partial charge on any atom is -0.353 e. The van der Waals surface area contributed by atoms with E-state index in [1.165, 1.54) is 0 Å². The lowest BCUT2D eigenvalue weighted by atomic mass is 10.1. The van der Waals surface area contributed by atoms with Crippen LogP contribution in [0.25, 0.3) is 0 Å². The van der Waals surface area contributed by atoms with Gasteiger partial charge in [0.15, 0.2) is 0 Å². The number of carbonyl (C=O) groups is 2. The van der Waals surface area contributed by atoms with Crippen LogP contribution in [0.2, 0.25) is 0 Å². The normalized spacial score (nSPS) is 23.7. The molecule has 2 fully saturated rings. The minimum absolute atomic E-state index is 0. The second-order valence-corrected chi connectivity index (χ2v) is 6.74. The fourth-order valence-electron chi connectivity index (χ4n) is 2.76. The molecule has 2 unspecified atom stereocenters. The third-order valence-corrected chi connectivity index (χ3v) is 5.26. The van der Waals surface area contributed by atoms with Crippen LogP contribution >= 0.6 is 24.2 Å². The molecular formula is C14H26ClN3O2S. The van der Waals surface area contributed by atoms with Gasteiger partial charge in [-0.25, -0.2) is 0 Å². The van der Waals surface area contributed by atoms with Gasteiger partial charge in [0.05, 0.1) is 5.88 Å². The van der Waals surface area contributed by atoms with Crippen LogP contribution in [0.4, 0.5) is 0 Å². The fraction of sp³-hybridized carbons (Fsp3) is 0.857. The standard InChI is InChI=1S/C14H25N3O2S.ClH/c1-10(15-2)7-16-13(18)12-8-20-9-17(12)14(19)11-5-3-4-6-11;/h10-12,15H,3-9H2,1-2H3,(H,16,18);1H. The van der Waals surface area contributed by atoms with E-state index in [0.29, 0.717) is 12.4 Å². The van der Waals surface area contributed by atoms with E-state index in [1.54, 1.807) is 16.7 Å². The van der Waals surface area contributed by atoms with Crippen molar-refractivity contribution >= 4 is 36.0 Å². The van der Waals surface area contributed by atoms with E-state index in [2.05, 4.69) is 10.6 Å². The van der Waals surface area contributed by atoms with Crippen molar-refractivity contribution in [2.75, 3.05) is 25.2 Å². The van der Waals surface area contributed by atoms with E-state index in [0.717, 1.165) is 31.4 Å². The summed E-state index contributed by atoms with van der Waals surface area (Å²) in [6.07, 6.45) is 4.28. The molecule has 2 amide bonds. The predicted octanol–water partition coefficient (Wildman–Crippen LogP) is 1.22. The maximum atomic E-state index is 12.5. The number of thioether (sulfide) groups is 1. The van der Waals surface area contributed by atoms with Crippen molar-refractivity contribution in [1.82, 2.24) is 15.5 Å². The molecule has 1 aliphatic heterocycles. The van der Waals surface area contributed by atoms with E-state index < -0.39 is 0 Å². The summed E-state index contributed by atoms with van der Waals surface area (Å²) < 4.78 is 0. The quantitative estimate of drug-likeness (QED) is 0.793. The fourth-order valence-corrected chi connectivity index (χ4v) is 3.92. The summed E-state index contributed by atoms with van der Waals surface area (Å²) in [5, 5.41) is 6.03. The first-order valence-electron chi connectivity index (χ1n) is 7.46. The highest BCUT2D eigenvalue weighted by atomic mass is 35.5. The Bertz CT molecular complexity index is 364. The molecule has 1 saturated carbocycles. The summed E-state index contributed by atoms with van der Waals surface area (Å²) in [5.41, 5.74) is 0. The second kappa shape index (κ2) is 8.86. The maximum Gasteiger partial charge on any atom is 0.243 e. The van der Waals surface area contributed by atoms with Crippen molar-refractivity contribution in [2.24, 2.45) is 5.92 Å². The molecule has 122 valence electrons. The van der Waals surface area contributed by atoms with Crippen molar-refractivity contribution < 1.29 is 9.59 Å². The van der Waals surface area contributed by atoms with Crippen molar-refractivity contribution in [3.8, 4) is 0 Å². The van der Waals surface area contributed by atoms with E-state index in [1.807, 2.05) is 14.0 Å². The van der Waals surface area contributed by atoms with Gasteiger partial charge < -0.3 is 15.5 Å². The Morgan fingerprint density at radius 2 is 2.00 bits per heavy atom. The van der Waals surface area contributed by atoms with Gasteiger partial charge in [0.2, 0.25) is 11.8 Å². The van der Waals surface area contributed by atoms with Gasteiger partial charge in [0.25, 0.3) is 0 Å². The number of carbonyl (C=O) groups excluding carboxylic acids is 2. The number of amides is 2. The molecule has 1 aliphatic carbocycles. The number of nitrogens with one attached hydrogen (secondary N) is 2. The van der Waals surface area contributed by atoms with Crippen molar-refractivity contribution in [3.05, 3.63) is 0 Å². The molecule has 0 aromatic rings. The van der Waals surface area contributed by atoms with Crippen LogP contribution < -0.4 is 10.6 Å². The molecule has 2 N–H and O–H groups in total. The topological polar surface area (TPSA) is 61.4 Å². The van der Waals surface area contributed by atoms with Gasteiger partial charge in [-0.05, 0) is 26.8 Å². The second-order valence-electron chi connectivity index (χ2n) is 5.74. The molecule has 0 spiro atoms. The highest BCUT2D eigenvalue weighted by Gasteiger charge is 2.38. The SMILES string of the molecule is CNC(C)CNC(=O)C1CSCN1C(=O)C1CCCC1.Cl. The van der Waals surface area contributed by atoms with Crippen LogP contribution in [0.1, 0.15) is 32.6 Å². The van der Waals surface area contributed by atoms with Crippen molar-refractivity contribution in [2.45, 2.75) is 44.7 Å². The molecule has 0 aromatic heterocycles. The molecule has 0 bridgehead atoms. The number of hydrogen-bond donors (Lipinski definition) is 2. The molecule has 0 aromatic carbocycles. The monoisotopic (exact) mass is 335 g/mol. The first-order chi connectivity index (χ1) is 9.63. The summed E-state index contributed by atoms with van der Waals surface area (Å²) in [4.78, 5) is 26.5. The smallest absolute Gasteiger partial charge is 0.243 e. The van der Waals surface area contributed by atoms with Crippen molar-refractivity contribution in [1.29, 1.82) is 0 Å². The molecule has 1 saturated heterocycles. The zero-order valence-electron chi connectivity index (χ0n) is 12.8. The van der Waals surface area contributed by atoms with Crippen LogP contribution in [-0.4, -0.2) is 54.0 Å². The zero-order valence-corrected chi connectivity index (χ0v) is 14.4. The Morgan fingerprint density at radius 1 is 1.33 bits per heavy atom. The molecule has 7 heteroatoms. The summed E-state index contributed by atoms with van der Waals surface area (Å²) >= 11 is 1.67. The molecule has 2 aliphatic rings. The molecule has 0 radical (unpaired) electrons. The van der Waals surface area contributed by atoms with Gasteiger partial charge in [-0.2, -0.15) is 0 Å².